The Balaban J connectivity index is 1.69. The fourth-order valence-electron chi connectivity index (χ4n) is 2.97. The van der Waals surface area contributed by atoms with E-state index in [0.29, 0.717) is 44.0 Å². The summed E-state index contributed by atoms with van der Waals surface area (Å²) in [5.41, 5.74) is -1.23. The van der Waals surface area contributed by atoms with Gasteiger partial charge in [-0.2, -0.15) is 0 Å². The molecule has 0 bridgehead atoms. The van der Waals surface area contributed by atoms with E-state index in [1.807, 2.05) is 23.1 Å². The van der Waals surface area contributed by atoms with E-state index in [1.165, 1.54) is 6.33 Å². The number of aliphatic hydroxyl groups is 1. The number of piperidine rings is 1. The van der Waals surface area contributed by atoms with Crippen LogP contribution in [0.15, 0.2) is 42.7 Å². The van der Waals surface area contributed by atoms with E-state index in [4.69, 9.17) is 9.84 Å². The Morgan fingerprint density at radius 2 is 1.96 bits per heavy atom. The third-order valence-corrected chi connectivity index (χ3v) is 4.41. The third-order valence-electron chi connectivity index (χ3n) is 4.41. The van der Waals surface area contributed by atoms with Crippen LogP contribution in [0.5, 0.6) is 5.75 Å². The van der Waals surface area contributed by atoms with Crippen LogP contribution in [0.2, 0.25) is 0 Å². The second-order valence-corrected chi connectivity index (χ2v) is 6.11. The second-order valence-electron chi connectivity index (χ2n) is 6.11. The summed E-state index contributed by atoms with van der Waals surface area (Å²) >= 11 is 0. The summed E-state index contributed by atoms with van der Waals surface area (Å²) in [6.45, 7) is 1.44. The highest BCUT2D eigenvalue weighted by Crippen LogP contribution is 2.31. The molecule has 0 radical (unpaired) electrons. The Morgan fingerprint density at radius 3 is 2.62 bits per heavy atom. The molecule has 0 aliphatic carbocycles. The van der Waals surface area contributed by atoms with Crippen LogP contribution in [0.4, 0.5) is 11.6 Å². The summed E-state index contributed by atoms with van der Waals surface area (Å²) in [6.07, 6.45) is 2.15. The van der Waals surface area contributed by atoms with E-state index < -0.39 is 11.6 Å². The number of anilines is 2. The molecule has 3 N–H and O–H groups in total. The summed E-state index contributed by atoms with van der Waals surface area (Å²) in [4.78, 5) is 22.3. The number of carboxylic acids is 1. The highest BCUT2D eigenvalue weighted by atomic mass is 16.5. The van der Waals surface area contributed by atoms with Gasteiger partial charge in [-0.15, -0.1) is 0 Å². The standard InChI is InChI=1S/C18H22N4O4/c23-11-8-19-15-12-16(21-13-20-15)22-9-6-18(7-10-22,17(24)25)26-14-4-2-1-3-5-14/h1-5,12-13,23H,6-11H2,(H,24,25)(H,19,20,21). The number of para-hydroxylation sites is 1. The third kappa shape index (κ3) is 4.02. The van der Waals surface area contributed by atoms with Crippen LogP contribution in [-0.2, 0) is 4.79 Å². The van der Waals surface area contributed by atoms with E-state index >= 15 is 0 Å². The number of rotatable bonds is 7. The fourth-order valence-corrected chi connectivity index (χ4v) is 2.97. The molecule has 0 unspecified atom stereocenters. The normalized spacial score (nSPS) is 16.1. The van der Waals surface area contributed by atoms with E-state index in [9.17, 15) is 9.90 Å². The summed E-state index contributed by atoms with van der Waals surface area (Å²) in [7, 11) is 0. The number of aromatic nitrogens is 2. The number of aliphatic hydroxyl groups excluding tert-OH is 1. The summed E-state index contributed by atoms with van der Waals surface area (Å²) < 4.78 is 5.87. The lowest BCUT2D eigenvalue weighted by Gasteiger charge is -2.39. The minimum absolute atomic E-state index is 0.0149. The molecule has 2 aromatic rings. The predicted octanol–water partition coefficient (Wildman–Crippen LogP) is 1.38. The average molecular weight is 358 g/mol. The number of benzene rings is 1. The van der Waals surface area contributed by atoms with Crippen LogP contribution in [0.3, 0.4) is 0 Å². The number of hydrogen-bond acceptors (Lipinski definition) is 7. The van der Waals surface area contributed by atoms with Crippen molar-refractivity contribution < 1.29 is 19.7 Å². The topological polar surface area (TPSA) is 108 Å². The SMILES string of the molecule is O=C(O)C1(Oc2ccccc2)CCN(c2cc(NCCO)ncn2)CC1. The van der Waals surface area contributed by atoms with Gasteiger partial charge >= 0.3 is 5.97 Å². The molecule has 26 heavy (non-hydrogen) atoms. The first-order valence-electron chi connectivity index (χ1n) is 8.52. The zero-order valence-corrected chi connectivity index (χ0v) is 14.3. The number of aliphatic carboxylic acids is 1. The largest absolute Gasteiger partial charge is 0.478 e. The molecule has 0 amide bonds. The van der Waals surface area contributed by atoms with Gasteiger partial charge in [0.25, 0.3) is 0 Å². The van der Waals surface area contributed by atoms with Crippen molar-refractivity contribution >= 4 is 17.6 Å². The first-order chi connectivity index (χ1) is 12.6. The lowest BCUT2D eigenvalue weighted by atomic mass is 9.91. The Labute approximate surface area is 151 Å². The molecule has 3 rings (SSSR count). The molecule has 8 nitrogen and oxygen atoms in total. The Bertz CT molecular complexity index is 733. The van der Waals surface area contributed by atoms with E-state index in [2.05, 4.69) is 15.3 Å². The maximum atomic E-state index is 11.9. The molecular weight excluding hydrogens is 336 g/mol. The van der Waals surface area contributed by atoms with Gasteiger partial charge in [-0.25, -0.2) is 14.8 Å². The predicted molar refractivity (Wildman–Crippen MR) is 96.5 cm³/mol. The monoisotopic (exact) mass is 358 g/mol. The quantitative estimate of drug-likeness (QED) is 0.681. The zero-order chi connectivity index (χ0) is 18.4. The lowest BCUT2D eigenvalue weighted by Crippen LogP contribution is -2.53. The van der Waals surface area contributed by atoms with Crippen LogP contribution < -0.4 is 15.0 Å². The smallest absolute Gasteiger partial charge is 0.348 e. The maximum Gasteiger partial charge on any atom is 0.348 e. The van der Waals surface area contributed by atoms with Gasteiger partial charge in [0, 0.05) is 38.5 Å². The van der Waals surface area contributed by atoms with Gasteiger partial charge in [0.05, 0.1) is 6.61 Å². The number of nitrogens with one attached hydrogen (secondary N) is 1. The highest BCUT2D eigenvalue weighted by Gasteiger charge is 2.44. The highest BCUT2D eigenvalue weighted by molar-refractivity contribution is 5.78. The number of ether oxygens (including phenoxy) is 1. The van der Waals surface area contributed by atoms with E-state index in [-0.39, 0.29) is 6.61 Å². The molecule has 1 aromatic carbocycles. The number of carboxylic acid groups (broad SMARTS) is 1. The van der Waals surface area contributed by atoms with Crippen molar-refractivity contribution in [2.24, 2.45) is 0 Å². The fraction of sp³-hybridized carbons (Fsp3) is 0.389. The van der Waals surface area contributed by atoms with Crippen LogP contribution in [0.1, 0.15) is 12.8 Å². The van der Waals surface area contributed by atoms with Crippen molar-refractivity contribution in [2.45, 2.75) is 18.4 Å². The van der Waals surface area contributed by atoms with Crippen LogP contribution in [-0.4, -0.2) is 58.0 Å². The minimum Gasteiger partial charge on any atom is -0.478 e. The molecule has 138 valence electrons. The summed E-state index contributed by atoms with van der Waals surface area (Å²) in [5.74, 6) is 0.952. The van der Waals surface area contributed by atoms with Gasteiger partial charge in [-0.05, 0) is 12.1 Å². The first kappa shape index (κ1) is 17.9. The van der Waals surface area contributed by atoms with Crippen LogP contribution >= 0.6 is 0 Å². The van der Waals surface area contributed by atoms with Crippen LogP contribution in [0, 0.1) is 0 Å². The molecule has 1 aliphatic rings. The Morgan fingerprint density at radius 1 is 1.23 bits per heavy atom. The van der Waals surface area contributed by atoms with Crippen LogP contribution in [0.25, 0.3) is 0 Å². The first-order valence-corrected chi connectivity index (χ1v) is 8.52. The van der Waals surface area contributed by atoms with Gasteiger partial charge in [0.1, 0.15) is 23.7 Å². The van der Waals surface area contributed by atoms with Crippen molar-refractivity contribution in [1.29, 1.82) is 0 Å². The van der Waals surface area contributed by atoms with Gasteiger partial charge < -0.3 is 25.2 Å². The van der Waals surface area contributed by atoms with Gasteiger partial charge in [-0.1, -0.05) is 18.2 Å². The zero-order valence-electron chi connectivity index (χ0n) is 14.3. The molecule has 8 heteroatoms. The van der Waals surface area contributed by atoms with E-state index in [1.54, 1.807) is 18.2 Å². The molecular formula is C18H22N4O4. The average Bonchev–Trinajstić information content (AvgIpc) is 2.68. The number of carbonyl (C=O) groups is 1. The van der Waals surface area contributed by atoms with Gasteiger partial charge in [-0.3, -0.25) is 0 Å². The molecule has 0 saturated carbocycles. The molecule has 1 aromatic heterocycles. The Kier molecular flexibility index (Phi) is 5.52. The van der Waals surface area contributed by atoms with Gasteiger partial charge in [0.2, 0.25) is 5.60 Å². The molecule has 1 aliphatic heterocycles. The lowest BCUT2D eigenvalue weighted by molar-refractivity contribution is -0.157. The molecule has 0 atom stereocenters. The van der Waals surface area contributed by atoms with Crippen molar-refractivity contribution in [3.8, 4) is 5.75 Å². The molecule has 1 fully saturated rings. The molecule has 0 spiro atoms. The molecule has 2 heterocycles. The van der Waals surface area contributed by atoms with Crippen molar-refractivity contribution in [2.75, 3.05) is 36.5 Å². The van der Waals surface area contributed by atoms with Crippen molar-refractivity contribution in [1.82, 2.24) is 9.97 Å². The minimum atomic E-state index is -1.23. The van der Waals surface area contributed by atoms with Crippen molar-refractivity contribution in [3.05, 3.63) is 42.7 Å². The number of nitrogens with zero attached hydrogens (tertiary/aromatic N) is 3. The maximum absolute atomic E-state index is 11.9. The number of hydrogen-bond donors (Lipinski definition) is 3. The van der Waals surface area contributed by atoms with E-state index in [0.717, 1.165) is 5.82 Å². The molecule has 1 saturated heterocycles. The summed E-state index contributed by atoms with van der Waals surface area (Å²) in [5, 5.41) is 21.6. The summed E-state index contributed by atoms with van der Waals surface area (Å²) in [6, 6.07) is 10.8. The second kappa shape index (κ2) is 8.01. The van der Waals surface area contributed by atoms with Gasteiger partial charge in [0.15, 0.2) is 0 Å². The Hall–Kier alpha value is -2.87. The van der Waals surface area contributed by atoms with Crippen molar-refractivity contribution in [3.63, 3.8) is 0 Å².